The third-order valence-corrected chi connectivity index (χ3v) is 5.04. The number of benzene rings is 2. The predicted octanol–water partition coefficient (Wildman–Crippen LogP) is 2.53. The van der Waals surface area contributed by atoms with Gasteiger partial charge >= 0.3 is 0 Å². The van der Waals surface area contributed by atoms with Crippen LogP contribution in [0.15, 0.2) is 53.3 Å². The average Bonchev–Trinajstić information content (AvgIpc) is 3.23. The summed E-state index contributed by atoms with van der Waals surface area (Å²) in [5.74, 6) is -0.321. The summed E-state index contributed by atoms with van der Waals surface area (Å²) in [6.07, 6.45) is 1.46. The zero-order chi connectivity index (χ0) is 18.8. The van der Waals surface area contributed by atoms with Crippen molar-refractivity contribution in [2.24, 2.45) is 0 Å². The molecule has 4 rings (SSSR count). The highest BCUT2D eigenvalue weighted by Gasteiger charge is 2.25. The summed E-state index contributed by atoms with van der Waals surface area (Å²) in [4.78, 5) is 17.1. The minimum Gasteiger partial charge on any atom is -0.368 e. The van der Waals surface area contributed by atoms with Crippen LogP contribution in [0.3, 0.4) is 0 Å². The van der Waals surface area contributed by atoms with Crippen molar-refractivity contribution in [3.63, 3.8) is 0 Å². The molecule has 0 N–H and O–H groups in total. The molecule has 2 aromatic carbocycles. The maximum absolute atomic E-state index is 13.1. The minimum absolute atomic E-state index is 0.0689. The fraction of sp³-hybridized carbons (Fsp3) is 0.222. The van der Waals surface area contributed by atoms with Crippen molar-refractivity contribution < 1.29 is 9.18 Å². The van der Waals surface area contributed by atoms with Crippen LogP contribution >= 0.6 is 15.9 Å². The number of piperazine rings is 1. The van der Waals surface area contributed by atoms with Crippen LogP contribution in [-0.2, 0) is 0 Å². The summed E-state index contributed by atoms with van der Waals surface area (Å²) in [7, 11) is 0. The van der Waals surface area contributed by atoms with Crippen LogP contribution in [0, 0.1) is 5.82 Å². The van der Waals surface area contributed by atoms with Crippen LogP contribution in [0.5, 0.6) is 0 Å². The summed E-state index contributed by atoms with van der Waals surface area (Å²) in [5, 5.41) is 11.2. The zero-order valence-electron chi connectivity index (χ0n) is 14.3. The lowest BCUT2D eigenvalue weighted by molar-refractivity contribution is 0.0746. The van der Waals surface area contributed by atoms with E-state index in [0.29, 0.717) is 37.4 Å². The lowest BCUT2D eigenvalue weighted by Gasteiger charge is -2.36. The Labute approximate surface area is 163 Å². The zero-order valence-corrected chi connectivity index (χ0v) is 15.9. The van der Waals surface area contributed by atoms with Gasteiger partial charge in [0.1, 0.15) is 12.1 Å². The molecule has 138 valence electrons. The van der Waals surface area contributed by atoms with Gasteiger partial charge in [0.25, 0.3) is 5.91 Å². The highest BCUT2D eigenvalue weighted by atomic mass is 79.9. The van der Waals surface area contributed by atoms with E-state index in [1.807, 2.05) is 17.0 Å². The lowest BCUT2D eigenvalue weighted by Crippen LogP contribution is -2.49. The number of nitrogens with zero attached hydrogens (tertiary/aromatic N) is 6. The largest absolute Gasteiger partial charge is 0.368 e. The van der Waals surface area contributed by atoms with Crippen molar-refractivity contribution in [3.8, 4) is 5.69 Å². The molecule has 1 fully saturated rings. The number of aromatic nitrogens is 4. The fourth-order valence-corrected chi connectivity index (χ4v) is 3.50. The first kappa shape index (κ1) is 17.6. The number of tetrazole rings is 1. The molecule has 27 heavy (non-hydrogen) atoms. The normalized spacial score (nSPS) is 14.4. The molecule has 2 heterocycles. The Morgan fingerprint density at radius 2 is 1.78 bits per heavy atom. The van der Waals surface area contributed by atoms with Crippen molar-refractivity contribution in [1.29, 1.82) is 0 Å². The van der Waals surface area contributed by atoms with Crippen LogP contribution < -0.4 is 4.90 Å². The molecule has 0 spiro atoms. The van der Waals surface area contributed by atoms with Gasteiger partial charge < -0.3 is 9.80 Å². The van der Waals surface area contributed by atoms with Crippen molar-refractivity contribution in [2.75, 3.05) is 31.1 Å². The van der Waals surface area contributed by atoms with Gasteiger partial charge in [-0.2, -0.15) is 4.68 Å². The number of amides is 1. The third-order valence-electron chi connectivity index (χ3n) is 4.54. The number of carbonyl (C=O) groups excluding carboxylic acids is 1. The van der Waals surface area contributed by atoms with E-state index < -0.39 is 0 Å². The average molecular weight is 431 g/mol. The predicted molar refractivity (Wildman–Crippen MR) is 101 cm³/mol. The molecule has 1 amide bonds. The Morgan fingerprint density at radius 3 is 2.44 bits per heavy atom. The van der Waals surface area contributed by atoms with Gasteiger partial charge in [0.15, 0.2) is 0 Å². The van der Waals surface area contributed by atoms with Gasteiger partial charge in [-0.3, -0.25) is 4.79 Å². The van der Waals surface area contributed by atoms with E-state index in [2.05, 4.69) is 36.4 Å². The van der Waals surface area contributed by atoms with E-state index in [1.54, 1.807) is 18.2 Å². The van der Waals surface area contributed by atoms with Crippen LogP contribution in [0.2, 0.25) is 0 Å². The van der Waals surface area contributed by atoms with Gasteiger partial charge in [-0.05, 0) is 52.9 Å². The molecule has 3 aromatic rings. The van der Waals surface area contributed by atoms with Gasteiger partial charge in [-0.25, -0.2) is 4.39 Å². The third kappa shape index (κ3) is 3.68. The Hall–Kier alpha value is -2.81. The van der Waals surface area contributed by atoms with Gasteiger partial charge in [-0.15, -0.1) is 5.10 Å². The molecule has 0 unspecified atom stereocenters. The molecule has 0 atom stereocenters. The molecule has 1 aliphatic rings. The van der Waals surface area contributed by atoms with Crippen molar-refractivity contribution >= 4 is 27.5 Å². The van der Waals surface area contributed by atoms with Crippen molar-refractivity contribution in [2.45, 2.75) is 0 Å². The summed E-state index contributed by atoms with van der Waals surface area (Å²) >= 11 is 3.43. The first-order valence-electron chi connectivity index (χ1n) is 8.44. The number of hydrogen-bond acceptors (Lipinski definition) is 5. The highest BCUT2D eigenvalue weighted by molar-refractivity contribution is 9.10. The summed E-state index contributed by atoms with van der Waals surface area (Å²) < 4.78 is 15.4. The molecular formula is C18H16BrFN6O. The van der Waals surface area contributed by atoms with Gasteiger partial charge in [-0.1, -0.05) is 15.9 Å². The number of rotatable bonds is 3. The molecule has 0 saturated carbocycles. The second-order valence-electron chi connectivity index (χ2n) is 6.17. The van der Waals surface area contributed by atoms with Crippen LogP contribution in [0.4, 0.5) is 10.1 Å². The minimum atomic E-state index is -0.252. The van der Waals surface area contributed by atoms with Crippen LogP contribution in [0.1, 0.15) is 10.4 Å². The van der Waals surface area contributed by atoms with E-state index in [0.717, 1.165) is 10.2 Å². The van der Waals surface area contributed by atoms with Gasteiger partial charge in [0.2, 0.25) is 0 Å². The molecule has 0 aliphatic carbocycles. The topological polar surface area (TPSA) is 67.2 Å². The van der Waals surface area contributed by atoms with E-state index in [4.69, 9.17) is 0 Å². The highest BCUT2D eigenvalue weighted by Crippen LogP contribution is 2.23. The molecule has 1 saturated heterocycles. The molecule has 1 aromatic heterocycles. The SMILES string of the molecule is O=C(c1cc(Br)ccc1-n1cnnn1)N1CCN(c2ccc(F)cc2)CC1. The van der Waals surface area contributed by atoms with Gasteiger partial charge in [0.05, 0.1) is 11.3 Å². The molecular weight excluding hydrogens is 415 g/mol. The van der Waals surface area contributed by atoms with Crippen LogP contribution in [-0.4, -0.2) is 57.2 Å². The molecule has 7 nitrogen and oxygen atoms in total. The molecule has 1 aliphatic heterocycles. The quantitative estimate of drug-likeness (QED) is 0.638. The van der Waals surface area contributed by atoms with E-state index in [1.165, 1.54) is 23.1 Å². The first-order chi connectivity index (χ1) is 13.1. The number of halogens is 2. The first-order valence-corrected chi connectivity index (χ1v) is 9.24. The van der Waals surface area contributed by atoms with Crippen LogP contribution in [0.25, 0.3) is 5.69 Å². The standard InChI is InChI=1S/C18H16BrFN6O/c19-13-1-6-17(26-12-21-22-23-26)16(11-13)18(27)25-9-7-24(8-10-25)15-4-2-14(20)3-5-15/h1-6,11-12H,7-10H2. The Kier molecular flexibility index (Phi) is 4.85. The number of anilines is 1. The Morgan fingerprint density at radius 1 is 1.04 bits per heavy atom. The van der Waals surface area contributed by atoms with Gasteiger partial charge in [0, 0.05) is 36.3 Å². The summed E-state index contributed by atoms with van der Waals surface area (Å²) in [6, 6.07) is 11.9. The monoisotopic (exact) mass is 430 g/mol. The molecule has 0 bridgehead atoms. The summed E-state index contributed by atoms with van der Waals surface area (Å²) in [5.41, 5.74) is 2.13. The van der Waals surface area contributed by atoms with E-state index in [-0.39, 0.29) is 11.7 Å². The molecule has 9 heteroatoms. The second kappa shape index (κ2) is 7.43. The fourth-order valence-electron chi connectivity index (χ4n) is 3.14. The second-order valence-corrected chi connectivity index (χ2v) is 7.09. The maximum Gasteiger partial charge on any atom is 0.256 e. The van der Waals surface area contributed by atoms with Crippen molar-refractivity contribution in [1.82, 2.24) is 25.1 Å². The lowest BCUT2D eigenvalue weighted by atomic mass is 10.1. The number of carbonyl (C=O) groups is 1. The molecule has 0 radical (unpaired) electrons. The smallest absolute Gasteiger partial charge is 0.256 e. The van der Waals surface area contributed by atoms with E-state index in [9.17, 15) is 9.18 Å². The Bertz CT molecular complexity index is 939. The summed E-state index contributed by atoms with van der Waals surface area (Å²) in [6.45, 7) is 2.53. The van der Waals surface area contributed by atoms with E-state index >= 15 is 0 Å². The Balaban J connectivity index is 1.52. The number of hydrogen-bond donors (Lipinski definition) is 0. The maximum atomic E-state index is 13.1. The van der Waals surface area contributed by atoms with Crippen molar-refractivity contribution in [3.05, 3.63) is 64.6 Å².